The molecular weight excluding hydrogens is 474 g/mol. The summed E-state index contributed by atoms with van der Waals surface area (Å²) >= 11 is 0. The van der Waals surface area contributed by atoms with Crippen molar-refractivity contribution in [2.45, 2.75) is 78.4 Å². The van der Waals surface area contributed by atoms with E-state index < -0.39 is 54.8 Å². The minimum absolute atomic E-state index is 0.0800. The van der Waals surface area contributed by atoms with Gasteiger partial charge in [0.1, 0.15) is 18.6 Å². The van der Waals surface area contributed by atoms with E-state index in [1.54, 1.807) is 6.92 Å². The van der Waals surface area contributed by atoms with Gasteiger partial charge in [-0.25, -0.2) is 4.79 Å². The summed E-state index contributed by atoms with van der Waals surface area (Å²) in [5.41, 5.74) is 10.4. The number of carbonyl (C=O) groups is 5. The summed E-state index contributed by atoms with van der Waals surface area (Å²) in [6.07, 6.45) is 0.743. The number of imide groups is 1. The molecule has 1 unspecified atom stereocenters. The molecule has 0 aromatic heterocycles. The summed E-state index contributed by atoms with van der Waals surface area (Å²) in [6, 6.07) is -3.13. The first-order valence-electron chi connectivity index (χ1n) is 11.8. The largest absolute Gasteiger partial charge is 0.481 e. The van der Waals surface area contributed by atoms with Crippen LogP contribution in [0.2, 0.25) is 0 Å². The molecule has 1 fully saturated rings. The Kier molecular flexibility index (Phi) is 18.2. The van der Waals surface area contributed by atoms with Crippen molar-refractivity contribution in [1.29, 1.82) is 0 Å². The van der Waals surface area contributed by atoms with E-state index in [1.807, 2.05) is 27.7 Å². The highest BCUT2D eigenvalue weighted by Gasteiger charge is 2.39. The van der Waals surface area contributed by atoms with Crippen LogP contribution in [0.5, 0.6) is 0 Å². The van der Waals surface area contributed by atoms with Crippen LogP contribution in [-0.4, -0.2) is 89.1 Å². The number of hydrogen-bond donors (Lipinski definition) is 7. The molecule has 1 aliphatic heterocycles. The van der Waals surface area contributed by atoms with E-state index in [-0.39, 0.29) is 25.0 Å². The molecule has 0 aromatic carbocycles. The minimum Gasteiger partial charge on any atom is -0.481 e. The second-order valence-corrected chi connectivity index (χ2v) is 8.13. The second-order valence-electron chi connectivity index (χ2n) is 8.13. The Morgan fingerprint density at radius 2 is 1.69 bits per heavy atom. The molecule has 14 nitrogen and oxygen atoms in total. The van der Waals surface area contributed by atoms with Gasteiger partial charge in [-0.05, 0) is 32.1 Å². The number of urea groups is 1. The number of aliphatic hydroxyl groups is 1. The van der Waals surface area contributed by atoms with Crippen molar-refractivity contribution >= 4 is 35.7 Å². The lowest BCUT2D eigenvalue weighted by molar-refractivity contribution is -0.141. The molecule has 0 spiro atoms. The summed E-state index contributed by atoms with van der Waals surface area (Å²) in [5.74, 6) is -3.12. The van der Waals surface area contributed by atoms with Gasteiger partial charge < -0.3 is 37.6 Å². The van der Waals surface area contributed by atoms with Crippen LogP contribution in [0.25, 0.3) is 0 Å². The average molecular weight is 518 g/mol. The fraction of sp³-hybridized carbons (Fsp3) is 0.727. The lowest BCUT2D eigenvalue weighted by Crippen LogP contribution is -2.52. The number of nitrogens with two attached hydrogens (primary N) is 2. The average Bonchev–Trinajstić information content (AvgIpc) is 3.05. The molecule has 0 saturated carbocycles. The third-order valence-electron chi connectivity index (χ3n) is 4.60. The summed E-state index contributed by atoms with van der Waals surface area (Å²) < 4.78 is 0. The van der Waals surface area contributed by atoms with Crippen LogP contribution in [0.4, 0.5) is 4.79 Å². The minimum atomic E-state index is -1.34. The van der Waals surface area contributed by atoms with Crippen LogP contribution in [0.3, 0.4) is 0 Å². The number of aliphatic hydroxyl groups excluding tert-OH is 1. The molecular formula is C22H43N7O7. The smallest absolute Gasteiger partial charge is 0.325 e. The van der Waals surface area contributed by atoms with Crippen LogP contribution in [-0.2, 0) is 19.2 Å². The zero-order valence-electron chi connectivity index (χ0n) is 22.0. The molecule has 208 valence electrons. The third kappa shape index (κ3) is 14.1. The van der Waals surface area contributed by atoms with Crippen LogP contribution in [0.15, 0.2) is 4.99 Å². The fourth-order valence-electron chi connectivity index (χ4n) is 3.30. The normalized spacial score (nSPS) is 15.9. The van der Waals surface area contributed by atoms with Crippen molar-refractivity contribution in [1.82, 2.24) is 20.9 Å². The Morgan fingerprint density at radius 1 is 1.11 bits per heavy atom. The summed E-state index contributed by atoms with van der Waals surface area (Å²) in [4.78, 5) is 65.0. The first-order valence-corrected chi connectivity index (χ1v) is 11.8. The van der Waals surface area contributed by atoms with Gasteiger partial charge in [0.15, 0.2) is 5.96 Å². The van der Waals surface area contributed by atoms with Crippen molar-refractivity contribution in [3.05, 3.63) is 0 Å². The van der Waals surface area contributed by atoms with Gasteiger partial charge >= 0.3 is 12.0 Å². The van der Waals surface area contributed by atoms with Crippen LogP contribution < -0.4 is 27.4 Å². The van der Waals surface area contributed by atoms with Gasteiger partial charge in [0.05, 0.1) is 6.42 Å². The Balaban J connectivity index is 0. The molecule has 5 amide bonds. The van der Waals surface area contributed by atoms with E-state index in [0.717, 1.165) is 12.0 Å². The van der Waals surface area contributed by atoms with Crippen molar-refractivity contribution in [3.8, 4) is 0 Å². The third-order valence-corrected chi connectivity index (χ3v) is 4.60. The quantitative estimate of drug-likeness (QED) is 0.0694. The Labute approximate surface area is 212 Å². The van der Waals surface area contributed by atoms with E-state index in [0.29, 0.717) is 18.8 Å². The van der Waals surface area contributed by atoms with Crippen LogP contribution in [0.1, 0.15) is 60.3 Å². The topological polar surface area (TPSA) is 230 Å². The number of nitrogens with one attached hydrogen (secondary N) is 3. The first kappa shape index (κ1) is 34.7. The standard InChI is InChI=1S/C19H33N7O6.C2H6.CH4O/c1-10(2)7-11(3)23-16(30)13(8-15(28)29)24-14(27)9-26-17(31)12(25-19(26)32)5-4-6-22-18(20)21;2*1-2/h10-13H,4-9H2,1-3H3,(H,23,30)(H,24,27)(H,25,32)(H,28,29)(H4,20,21,22);1-2H3;2H,1H3/t11?,12-,13-;;/m0../s1. The summed E-state index contributed by atoms with van der Waals surface area (Å²) in [7, 11) is 1.00. The van der Waals surface area contributed by atoms with Crippen molar-refractivity contribution in [2.24, 2.45) is 22.4 Å². The highest BCUT2D eigenvalue weighted by Crippen LogP contribution is 2.11. The number of carbonyl (C=O) groups excluding carboxylic acids is 4. The number of aliphatic imine (C=N–C) groups is 1. The van der Waals surface area contributed by atoms with Gasteiger partial charge in [-0.2, -0.15) is 0 Å². The van der Waals surface area contributed by atoms with Gasteiger partial charge in [-0.1, -0.05) is 27.7 Å². The van der Waals surface area contributed by atoms with E-state index >= 15 is 0 Å². The molecule has 1 heterocycles. The molecule has 0 radical (unpaired) electrons. The lowest BCUT2D eigenvalue weighted by Gasteiger charge is -2.22. The zero-order valence-corrected chi connectivity index (χ0v) is 22.0. The molecule has 0 aliphatic carbocycles. The predicted molar refractivity (Wildman–Crippen MR) is 135 cm³/mol. The number of carboxylic acids is 1. The number of rotatable bonds is 13. The second kappa shape index (κ2) is 18.9. The highest BCUT2D eigenvalue weighted by molar-refractivity contribution is 6.06. The number of hydrogen-bond acceptors (Lipinski definition) is 7. The highest BCUT2D eigenvalue weighted by atomic mass is 16.4. The van der Waals surface area contributed by atoms with Gasteiger partial charge in [-0.3, -0.25) is 29.1 Å². The number of guanidine groups is 1. The maximum Gasteiger partial charge on any atom is 0.325 e. The molecule has 1 saturated heterocycles. The number of carboxylic acid groups (broad SMARTS) is 1. The summed E-state index contributed by atoms with van der Waals surface area (Å²) in [5, 5.41) is 23.5. The van der Waals surface area contributed by atoms with E-state index in [4.69, 9.17) is 21.7 Å². The van der Waals surface area contributed by atoms with Gasteiger partial charge in [0, 0.05) is 19.7 Å². The molecule has 3 atom stereocenters. The zero-order chi connectivity index (χ0) is 28.4. The van der Waals surface area contributed by atoms with E-state index in [1.165, 1.54) is 0 Å². The molecule has 1 aliphatic rings. The Hall–Kier alpha value is -3.42. The maximum atomic E-state index is 12.4. The van der Waals surface area contributed by atoms with Crippen molar-refractivity contribution in [3.63, 3.8) is 0 Å². The van der Waals surface area contributed by atoms with Gasteiger partial charge in [0.25, 0.3) is 5.91 Å². The molecule has 36 heavy (non-hydrogen) atoms. The molecule has 0 aromatic rings. The van der Waals surface area contributed by atoms with E-state index in [9.17, 15) is 24.0 Å². The Morgan fingerprint density at radius 3 is 2.19 bits per heavy atom. The van der Waals surface area contributed by atoms with Crippen molar-refractivity contribution < 1.29 is 34.2 Å². The maximum absolute atomic E-state index is 12.4. The molecule has 1 rings (SSSR count). The predicted octanol–water partition coefficient (Wildman–Crippen LogP) is -0.895. The summed E-state index contributed by atoms with van der Waals surface area (Å²) in [6.45, 7) is 9.37. The Bertz CT molecular complexity index is 755. The van der Waals surface area contributed by atoms with Crippen LogP contribution >= 0.6 is 0 Å². The van der Waals surface area contributed by atoms with Gasteiger partial charge in [-0.15, -0.1) is 0 Å². The SMILES string of the molecule is CC.CC(C)CC(C)NC(=O)[C@H](CC(=O)O)NC(=O)CN1C(=O)N[C@@H](CCCN=C(N)N)C1=O.CO. The van der Waals surface area contributed by atoms with Crippen LogP contribution in [0, 0.1) is 5.92 Å². The number of nitrogens with zero attached hydrogens (tertiary/aromatic N) is 2. The monoisotopic (exact) mass is 517 g/mol. The molecule has 9 N–H and O–H groups in total. The van der Waals surface area contributed by atoms with E-state index in [2.05, 4.69) is 20.9 Å². The molecule has 0 bridgehead atoms. The lowest BCUT2D eigenvalue weighted by atomic mass is 10.0. The number of aliphatic carboxylic acids is 1. The fourth-order valence-corrected chi connectivity index (χ4v) is 3.30. The number of amides is 5. The molecule has 14 heteroatoms. The van der Waals surface area contributed by atoms with Crippen molar-refractivity contribution in [2.75, 3.05) is 20.2 Å². The first-order chi connectivity index (χ1) is 16.9. The van der Waals surface area contributed by atoms with Gasteiger partial charge in [0.2, 0.25) is 11.8 Å².